The summed E-state index contributed by atoms with van der Waals surface area (Å²) in [5.41, 5.74) is 4.63. The number of ether oxygens (including phenoxy) is 3. The van der Waals surface area contributed by atoms with Gasteiger partial charge in [0.1, 0.15) is 0 Å². The van der Waals surface area contributed by atoms with Crippen molar-refractivity contribution in [2.45, 2.75) is 44.9 Å². The second kappa shape index (κ2) is 10.7. The molecule has 1 aliphatic carbocycles. The monoisotopic (exact) mass is 539 g/mol. The Labute approximate surface area is 214 Å². The van der Waals surface area contributed by atoms with Crippen molar-refractivity contribution in [3.63, 3.8) is 0 Å². The molecule has 0 amide bonds. The maximum absolute atomic E-state index is 13.7. The Hall–Kier alpha value is -3.06. The van der Waals surface area contributed by atoms with Crippen LogP contribution in [-0.2, 0) is 14.3 Å². The van der Waals surface area contributed by atoms with E-state index in [1.54, 1.807) is 14.2 Å². The lowest BCUT2D eigenvalue weighted by atomic mass is 9.71. The zero-order valence-corrected chi connectivity index (χ0v) is 22.0. The third-order valence-electron chi connectivity index (χ3n) is 6.57. The maximum atomic E-state index is 13.7. The molecule has 2 aromatic rings. The van der Waals surface area contributed by atoms with Crippen LogP contribution < -0.4 is 14.8 Å². The molecule has 6 nitrogen and oxygen atoms in total. The van der Waals surface area contributed by atoms with Gasteiger partial charge in [-0.15, -0.1) is 0 Å². The second-order valence-corrected chi connectivity index (χ2v) is 9.73. The van der Waals surface area contributed by atoms with Gasteiger partial charge in [-0.1, -0.05) is 41.1 Å². The van der Waals surface area contributed by atoms with Gasteiger partial charge in [0.25, 0.3) is 0 Å². The highest BCUT2D eigenvalue weighted by atomic mass is 79.9. The third-order valence-corrected chi connectivity index (χ3v) is 7.10. The third kappa shape index (κ3) is 5.01. The number of rotatable bonds is 7. The molecule has 35 heavy (non-hydrogen) atoms. The summed E-state index contributed by atoms with van der Waals surface area (Å²) < 4.78 is 17.3. The zero-order chi connectivity index (χ0) is 25.1. The summed E-state index contributed by atoms with van der Waals surface area (Å²) in [4.78, 5) is 26.8. The predicted octanol–water partition coefficient (Wildman–Crippen LogP) is 5.78. The van der Waals surface area contributed by atoms with Gasteiger partial charge in [-0.3, -0.25) is 4.79 Å². The Morgan fingerprint density at radius 2 is 1.71 bits per heavy atom. The fourth-order valence-corrected chi connectivity index (χ4v) is 5.18. The zero-order valence-electron chi connectivity index (χ0n) is 20.4. The lowest BCUT2D eigenvalue weighted by Crippen LogP contribution is -2.36. The van der Waals surface area contributed by atoms with Gasteiger partial charge in [-0.2, -0.15) is 0 Å². The summed E-state index contributed by atoms with van der Waals surface area (Å²) in [6.45, 7) is 4.17. The highest BCUT2D eigenvalue weighted by molar-refractivity contribution is 9.10. The molecular formula is C28H30BrNO5. The molecule has 2 atom stereocenters. The van der Waals surface area contributed by atoms with Crippen LogP contribution in [0.25, 0.3) is 0 Å². The Balaban J connectivity index is 1.75. The van der Waals surface area contributed by atoms with Crippen molar-refractivity contribution >= 4 is 27.7 Å². The smallest absolute Gasteiger partial charge is 0.336 e. The fraction of sp³-hybridized carbons (Fsp3) is 0.357. The van der Waals surface area contributed by atoms with E-state index in [0.717, 1.165) is 33.4 Å². The van der Waals surface area contributed by atoms with Crippen LogP contribution in [0, 0.1) is 0 Å². The van der Waals surface area contributed by atoms with Crippen LogP contribution >= 0.6 is 15.9 Å². The summed E-state index contributed by atoms with van der Waals surface area (Å²) in [7, 11) is 3.21. The van der Waals surface area contributed by atoms with E-state index in [9.17, 15) is 9.59 Å². The van der Waals surface area contributed by atoms with Crippen molar-refractivity contribution in [2.75, 3.05) is 20.8 Å². The molecule has 0 fully saturated rings. The average Bonchev–Trinajstić information content (AvgIpc) is 2.86. The molecule has 2 aromatic carbocycles. The van der Waals surface area contributed by atoms with Crippen LogP contribution in [0.1, 0.15) is 56.1 Å². The van der Waals surface area contributed by atoms with Gasteiger partial charge in [-0.25, -0.2) is 4.79 Å². The van der Waals surface area contributed by atoms with E-state index >= 15 is 0 Å². The Morgan fingerprint density at radius 3 is 2.37 bits per heavy atom. The predicted molar refractivity (Wildman–Crippen MR) is 138 cm³/mol. The first kappa shape index (κ1) is 25.0. The number of dihydropyridines is 1. The molecule has 0 saturated heterocycles. The Kier molecular flexibility index (Phi) is 7.65. The molecule has 0 aromatic heterocycles. The number of ketones is 1. The maximum Gasteiger partial charge on any atom is 0.336 e. The average molecular weight is 540 g/mol. The van der Waals surface area contributed by atoms with Crippen molar-refractivity contribution < 1.29 is 23.8 Å². The van der Waals surface area contributed by atoms with E-state index < -0.39 is 5.92 Å². The lowest BCUT2D eigenvalue weighted by molar-refractivity contribution is -0.139. The van der Waals surface area contributed by atoms with Crippen molar-refractivity contribution in [2.24, 2.45) is 0 Å². The van der Waals surface area contributed by atoms with Gasteiger partial charge in [0.05, 0.1) is 26.4 Å². The number of allylic oxidation sites excluding steroid dienone is 3. The minimum absolute atomic E-state index is 0.0134. The summed E-state index contributed by atoms with van der Waals surface area (Å²) >= 11 is 3.48. The normalized spacial score (nSPS) is 19.7. The molecule has 2 aliphatic rings. The van der Waals surface area contributed by atoms with Gasteiger partial charge in [0, 0.05) is 33.8 Å². The number of carbonyl (C=O) groups excluding carboxylic acids is 2. The molecule has 0 unspecified atom stereocenters. The molecule has 0 bridgehead atoms. The number of methoxy groups -OCH3 is 2. The number of hydrogen-bond acceptors (Lipinski definition) is 6. The molecule has 184 valence electrons. The van der Waals surface area contributed by atoms with Gasteiger partial charge in [0.15, 0.2) is 17.3 Å². The van der Waals surface area contributed by atoms with E-state index in [4.69, 9.17) is 14.2 Å². The molecule has 1 N–H and O–H groups in total. The fourth-order valence-electron chi connectivity index (χ4n) is 4.91. The van der Waals surface area contributed by atoms with Crippen molar-refractivity contribution in [3.8, 4) is 11.5 Å². The topological polar surface area (TPSA) is 73.9 Å². The first-order valence-electron chi connectivity index (χ1n) is 11.8. The van der Waals surface area contributed by atoms with Gasteiger partial charge in [0.2, 0.25) is 0 Å². The minimum atomic E-state index is -0.470. The molecular weight excluding hydrogens is 510 g/mol. The van der Waals surface area contributed by atoms with Gasteiger partial charge in [-0.05, 0) is 61.1 Å². The number of nitrogens with one attached hydrogen (secondary N) is 1. The largest absolute Gasteiger partial charge is 0.493 e. The van der Waals surface area contributed by atoms with E-state index in [2.05, 4.69) is 21.2 Å². The number of halogens is 1. The van der Waals surface area contributed by atoms with E-state index in [1.165, 1.54) is 0 Å². The van der Waals surface area contributed by atoms with Crippen LogP contribution in [0.4, 0.5) is 0 Å². The molecule has 0 saturated carbocycles. The van der Waals surface area contributed by atoms with E-state index in [1.807, 2.05) is 56.3 Å². The van der Waals surface area contributed by atoms with Crippen LogP contribution in [0.15, 0.2) is 69.5 Å². The number of esters is 1. The summed E-state index contributed by atoms with van der Waals surface area (Å²) in [5, 5.41) is 3.39. The highest BCUT2D eigenvalue weighted by Crippen LogP contribution is 2.46. The van der Waals surface area contributed by atoms with Gasteiger partial charge < -0.3 is 19.5 Å². The Morgan fingerprint density at radius 1 is 1.03 bits per heavy atom. The second-order valence-electron chi connectivity index (χ2n) is 8.82. The summed E-state index contributed by atoms with van der Waals surface area (Å²) in [5.74, 6) is 0.450. The van der Waals surface area contributed by atoms with Crippen LogP contribution in [0.2, 0.25) is 0 Å². The van der Waals surface area contributed by atoms with Crippen LogP contribution in [0.3, 0.4) is 0 Å². The molecule has 1 aliphatic heterocycles. The molecule has 7 heteroatoms. The molecule has 0 spiro atoms. The number of benzene rings is 2. The van der Waals surface area contributed by atoms with Crippen LogP contribution in [-0.4, -0.2) is 32.6 Å². The quantitative estimate of drug-likeness (QED) is 0.449. The Bertz CT molecular complexity index is 1200. The van der Waals surface area contributed by atoms with Crippen molar-refractivity contribution in [3.05, 3.63) is 80.6 Å². The molecule has 4 rings (SSSR count). The van der Waals surface area contributed by atoms with Crippen LogP contribution in [0.5, 0.6) is 11.5 Å². The summed E-state index contributed by atoms with van der Waals surface area (Å²) in [6.07, 6.45) is 1.73. The summed E-state index contributed by atoms with van der Waals surface area (Å²) in [6, 6.07) is 13.6. The lowest BCUT2D eigenvalue weighted by Gasteiger charge is -2.36. The SMILES string of the molecule is CCCOC(=O)C1=C(C)NC2=C(C(=O)C[C@H](c3ccc(OC)c(OC)c3)C2)[C@H]1c1ccc(Br)cc1. The number of Topliss-reactive ketones (excluding diaryl/α,β-unsaturated/α-hetero) is 1. The van der Waals surface area contributed by atoms with E-state index in [-0.39, 0.29) is 17.7 Å². The van der Waals surface area contributed by atoms with Crippen molar-refractivity contribution in [1.29, 1.82) is 0 Å². The molecule has 1 heterocycles. The first-order valence-corrected chi connectivity index (χ1v) is 12.6. The van der Waals surface area contributed by atoms with E-state index in [0.29, 0.717) is 42.1 Å². The minimum Gasteiger partial charge on any atom is -0.493 e. The highest BCUT2D eigenvalue weighted by Gasteiger charge is 2.41. The standard InChI is InChI=1S/C28H30BrNO5/c1-5-12-35-28(32)25-16(2)30-21-13-19(18-8-11-23(33-3)24(15-18)34-4)14-22(31)27(21)26(25)17-6-9-20(29)10-7-17/h6-11,15,19,26,30H,5,12-14H2,1-4H3/t19-,26+/m1/s1. The number of carbonyl (C=O) groups is 2. The van der Waals surface area contributed by atoms with Gasteiger partial charge >= 0.3 is 5.97 Å². The number of hydrogen-bond donors (Lipinski definition) is 1. The van der Waals surface area contributed by atoms with Crippen molar-refractivity contribution in [1.82, 2.24) is 5.32 Å². The first-order chi connectivity index (χ1) is 16.9. The molecule has 0 radical (unpaired) electrons.